The summed E-state index contributed by atoms with van der Waals surface area (Å²) in [6, 6.07) is 7.95. The summed E-state index contributed by atoms with van der Waals surface area (Å²) >= 11 is 0. The summed E-state index contributed by atoms with van der Waals surface area (Å²) in [7, 11) is -3.76. The molecule has 0 aromatic heterocycles. The highest BCUT2D eigenvalue weighted by atomic mass is 32.2. The summed E-state index contributed by atoms with van der Waals surface area (Å²) in [6.45, 7) is 8.31. The molecule has 0 fully saturated rings. The van der Waals surface area contributed by atoms with Gasteiger partial charge < -0.3 is 47.4 Å². The number of hydrogen-bond donors (Lipinski definition) is 0. The van der Waals surface area contributed by atoms with E-state index in [2.05, 4.69) is 0 Å². The van der Waals surface area contributed by atoms with Crippen LogP contribution in [0.5, 0.6) is 0 Å². The predicted molar refractivity (Wildman–Crippen MR) is 174 cm³/mol. The summed E-state index contributed by atoms with van der Waals surface area (Å²) in [5.74, 6) is -0.627. The Morgan fingerprint density at radius 1 is 0.408 bits per heavy atom. The van der Waals surface area contributed by atoms with E-state index in [1.807, 2.05) is 0 Å². The molecular weight excluding hydrogens is 670 g/mol. The fraction of sp³-hybridized carbons (Fsp3) is 0.688. The second-order valence-electron chi connectivity index (χ2n) is 9.87. The van der Waals surface area contributed by atoms with Crippen LogP contribution in [0.2, 0.25) is 0 Å². The number of imide groups is 1. The van der Waals surface area contributed by atoms with E-state index in [1.165, 1.54) is 24.3 Å². The van der Waals surface area contributed by atoms with Crippen molar-refractivity contribution in [2.45, 2.75) is 4.90 Å². The Hall–Kier alpha value is -2.39. The van der Waals surface area contributed by atoms with E-state index in [4.69, 9.17) is 51.6 Å². The molecule has 1 aromatic rings. The van der Waals surface area contributed by atoms with E-state index in [0.717, 1.165) is 4.90 Å². The fourth-order valence-electron chi connectivity index (χ4n) is 3.75. The summed E-state index contributed by atoms with van der Waals surface area (Å²) in [5.41, 5.74) is 0. The molecule has 16 nitrogen and oxygen atoms in total. The minimum atomic E-state index is -3.76. The van der Waals surface area contributed by atoms with E-state index in [-0.39, 0.29) is 43.1 Å². The SMILES string of the molecule is O=C1C=CC(=O)N1CCOCCOCCOCCOCCOCCOCCOCCOCCOCCOCCOS(=O)(=O)c1ccccc1. The third-order valence-electron chi connectivity index (χ3n) is 6.21. The lowest BCUT2D eigenvalue weighted by Crippen LogP contribution is -2.33. The number of amides is 2. The van der Waals surface area contributed by atoms with Crippen molar-refractivity contribution in [2.24, 2.45) is 0 Å². The van der Waals surface area contributed by atoms with E-state index >= 15 is 0 Å². The van der Waals surface area contributed by atoms with Gasteiger partial charge in [0.2, 0.25) is 0 Å². The quantitative estimate of drug-likeness (QED) is 0.0538. The monoisotopic (exact) mass is 721 g/mol. The lowest BCUT2D eigenvalue weighted by atomic mass is 10.4. The van der Waals surface area contributed by atoms with Gasteiger partial charge in [0.1, 0.15) is 0 Å². The number of ether oxygens (including phenoxy) is 10. The molecule has 49 heavy (non-hydrogen) atoms. The van der Waals surface area contributed by atoms with Gasteiger partial charge in [0.05, 0.1) is 150 Å². The van der Waals surface area contributed by atoms with E-state index in [9.17, 15) is 18.0 Å². The first kappa shape index (κ1) is 42.8. The predicted octanol–water partition coefficient (Wildman–Crippen LogP) is 0.483. The fourth-order valence-corrected chi connectivity index (χ4v) is 4.66. The third kappa shape index (κ3) is 22.9. The first-order valence-corrected chi connectivity index (χ1v) is 17.7. The lowest BCUT2D eigenvalue weighted by Gasteiger charge is -2.13. The van der Waals surface area contributed by atoms with Crippen molar-refractivity contribution in [3.8, 4) is 0 Å². The number of carbonyl (C=O) groups excluding carboxylic acids is 2. The molecule has 1 heterocycles. The second kappa shape index (κ2) is 29.4. The van der Waals surface area contributed by atoms with Crippen LogP contribution in [0, 0.1) is 0 Å². The summed E-state index contributed by atoms with van der Waals surface area (Å²) in [5, 5.41) is 0. The Morgan fingerprint density at radius 2 is 0.694 bits per heavy atom. The zero-order valence-electron chi connectivity index (χ0n) is 28.1. The average molecular weight is 722 g/mol. The van der Waals surface area contributed by atoms with Gasteiger partial charge in [-0.1, -0.05) is 18.2 Å². The molecular formula is C32H51NO15S. The molecule has 0 N–H and O–H groups in total. The average Bonchev–Trinajstić information content (AvgIpc) is 3.43. The highest BCUT2D eigenvalue weighted by molar-refractivity contribution is 7.86. The standard InChI is InChI=1S/C32H51NO15S/c34-31-6-7-32(35)33(31)8-9-38-10-11-39-12-13-40-14-15-41-16-17-42-18-19-43-20-21-44-22-23-45-24-25-46-26-27-47-28-29-48-49(36,37)30-4-2-1-3-5-30/h1-7H,8-29H2. The Balaban J connectivity index is 1.16. The minimum absolute atomic E-state index is 0.0660. The largest absolute Gasteiger partial charge is 0.377 e. The Morgan fingerprint density at radius 3 is 1.02 bits per heavy atom. The number of nitrogens with zero attached hydrogens (tertiary/aromatic N) is 1. The minimum Gasteiger partial charge on any atom is -0.377 e. The van der Waals surface area contributed by atoms with Gasteiger partial charge in [0, 0.05) is 12.2 Å². The van der Waals surface area contributed by atoms with Crippen LogP contribution in [0.15, 0.2) is 47.4 Å². The third-order valence-corrected chi connectivity index (χ3v) is 7.53. The first-order chi connectivity index (χ1) is 24.0. The van der Waals surface area contributed by atoms with Gasteiger partial charge in [-0.2, -0.15) is 8.42 Å². The van der Waals surface area contributed by atoms with Crippen LogP contribution in [-0.2, 0) is 71.3 Å². The highest BCUT2D eigenvalue weighted by Gasteiger charge is 2.22. The van der Waals surface area contributed by atoms with E-state index < -0.39 is 10.1 Å². The van der Waals surface area contributed by atoms with Gasteiger partial charge >= 0.3 is 0 Å². The molecule has 0 radical (unpaired) electrons. The molecule has 280 valence electrons. The van der Waals surface area contributed by atoms with Gasteiger partial charge in [-0.25, -0.2) is 0 Å². The zero-order valence-corrected chi connectivity index (χ0v) is 28.9. The van der Waals surface area contributed by atoms with Crippen molar-refractivity contribution in [3.05, 3.63) is 42.5 Å². The van der Waals surface area contributed by atoms with Gasteiger partial charge in [-0.15, -0.1) is 0 Å². The molecule has 0 bridgehead atoms. The summed E-state index contributed by atoms with van der Waals surface area (Å²) < 4.78 is 83.0. The lowest BCUT2D eigenvalue weighted by molar-refractivity contribution is -0.137. The van der Waals surface area contributed by atoms with Crippen molar-refractivity contribution in [1.82, 2.24) is 4.90 Å². The molecule has 0 spiro atoms. The second-order valence-corrected chi connectivity index (χ2v) is 11.5. The smallest absolute Gasteiger partial charge is 0.297 e. The molecule has 0 unspecified atom stereocenters. The normalized spacial score (nSPS) is 13.3. The molecule has 0 aliphatic carbocycles. The Labute approximate surface area is 288 Å². The maximum atomic E-state index is 12.0. The first-order valence-electron chi connectivity index (χ1n) is 16.3. The van der Waals surface area contributed by atoms with Crippen LogP contribution in [0.4, 0.5) is 0 Å². The molecule has 1 aliphatic heterocycles. The molecule has 0 atom stereocenters. The number of rotatable bonds is 35. The zero-order chi connectivity index (χ0) is 35.1. The van der Waals surface area contributed by atoms with Crippen molar-refractivity contribution in [3.63, 3.8) is 0 Å². The van der Waals surface area contributed by atoms with Crippen LogP contribution < -0.4 is 0 Å². The molecule has 1 aromatic carbocycles. The van der Waals surface area contributed by atoms with Crippen molar-refractivity contribution < 1.29 is 69.6 Å². The molecule has 0 saturated heterocycles. The molecule has 2 amide bonds. The highest BCUT2D eigenvalue weighted by Crippen LogP contribution is 2.10. The van der Waals surface area contributed by atoms with Crippen molar-refractivity contribution >= 4 is 21.9 Å². The van der Waals surface area contributed by atoms with Crippen molar-refractivity contribution in [1.29, 1.82) is 0 Å². The molecule has 1 aliphatic rings. The topological polar surface area (TPSA) is 173 Å². The van der Waals surface area contributed by atoms with Crippen molar-refractivity contribution in [2.75, 3.05) is 145 Å². The maximum Gasteiger partial charge on any atom is 0.297 e. The van der Waals surface area contributed by atoms with Crippen LogP contribution in [0.1, 0.15) is 0 Å². The van der Waals surface area contributed by atoms with Gasteiger partial charge in [0.25, 0.3) is 21.9 Å². The summed E-state index contributed by atoms with van der Waals surface area (Å²) in [6.07, 6.45) is 2.50. The number of benzene rings is 1. The number of carbonyl (C=O) groups is 2. The van der Waals surface area contributed by atoms with Crippen LogP contribution in [0.25, 0.3) is 0 Å². The van der Waals surface area contributed by atoms with Crippen LogP contribution >= 0.6 is 0 Å². The van der Waals surface area contributed by atoms with Gasteiger partial charge in [-0.3, -0.25) is 18.7 Å². The van der Waals surface area contributed by atoms with Crippen LogP contribution in [0.3, 0.4) is 0 Å². The molecule has 17 heteroatoms. The Bertz CT molecular complexity index is 1090. The van der Waals surface area contributed by atoms with Crippen LogP contribution in [-0.4, -0.2) is 170 Å². The van der Waals surface area contributed by atoms with Gasteiger partial charge in [-0.05, 0) is 12.1 Å². The molecule has 2 rings (SSSR count). The maximum absolute atomic E-state index is 12.0. The van der Waals surface area contributed by atoms with Gasteiger partial charge in [0.15, 0.2) is 0 Å². The summed E-state index contributed by atoms with van der Waals surface area (Å²) in [4.78, 5) is 24.0. The number of hydrogen-bond acceptors (Lipinski definition) is 15. The van der Waals surface area contributed by atoms with E-state index in [1.54, 1.807) is 18.2 Å². The Kier molecular flexibility index (Phi) is 25.6. The molecule has 0 saturated carbocycles. The van der Waals surface area contributed by atoms with E-state index in [0.29, 0.717) is 119 Å².